The number of rotatable bonds is 9. The molecule has 0 saturated carbocycles. The Bertz CT molecular complexity index is 1410. The van der Waals surface area contributed by atoms with Gasteiger partial charge in [-0.1, -0.05) is 48.5 Å². The summed E-state index contributed by atoms with van der Waals surface area (Å²) in [4.78, 5) is 22.8. The van der Waals surface area contributed by atoms with E-state index in [0.717, 1.165) is 11.1 Å². The van der Waals surface area contributed by atoms with Crippen molar-refractivity contribution in [3.63, 3.8) is 0 Å². The van der Waals surface area contributed by atoms with Crippen LogP contribution in [-0.4, -0.2) is 22.8 Å². The first kappa shape index (κ1) is 24.3. The van der Waals surface area contributed by atoms with Gasteiger partial charge in [0.25, 0.3) is 5.69 Å². The van der Waals surface area contributed by atoms with Crippen LogP contribution in [0.25, 0.3) is 11.1 Å². The molecule has 0 unspecified atom stereocenters. The number of hydrogen-bond acceptors (Lipinski definition) is 6. The predicted molar refractivity (Wildman–Crippen MR) is 146 cm³/mol. The van der Waals surface area contributed by atoms with Crippen LogP contribution in [-0.2, 0) is 11.4 Å². The van der Waals surface area contributed by atoms with Crippen molar-refractivity contribution in [2.24, 2.45) is 5.10 Å². The number of hydrogen-bond donors (Lipinski definition) is 1. The molecule has 8 heteroatoms. The maximum Gasteiger partial charge on any atom is 0.269 e. The Kier molecular flexibility index (Phi) is 7.28. The van der Waals surface area contributed by atoms with E-state index in [1.807, 2.05) is 36.4 Å². The minimum atomic E-state index is -0.431. The second-order valence-electron chi connectivity index (χ2n) is 8.44. The molecular weight excluding hydrogens is 486 g/mol. The molecule has 1 aliphatic rings. The highest BCUT2D eigenvalue weighted by atomic mass is 32.2. The van der Waals surface area contributed by atoms with Crippen LogP contribution in [0.4, 0.5) is 5.69 Å². The number of carbonyl (C=O) groups is 1. The molecule has 7 nitrogen and oxygen atoms in total. The van der Waals surface area contributed by atoms with Crippen LogP contribution < -0.4 is 10.2 Å². The van der Waals surface area contributed by atoms with E-state index >= 15 is 0 Å². The Morgan fingerprint density at radius 1 is 0.919 bits per heavy atom. The highest BCUT2D eigenvalue weighted by molar-refractivity contribution is 8.00. The summed E-state index contributed by atoms with van der Waals surface area (Å²) in [5.41, 5.74) is 9.24. The van der Waals surface area contributed by atoms with Gasteiger partial charge in [0.1, 0.15) is 12.4 Å². The number of amides is 1. The van der Waals surface area contributed by atoms with Gasteiger partial charge in [-0.15, -0.1) is 11.8 Å². The van der Waals surface area contributed by atoms with Crippen LogP contribution in [0.1, 0.15) is 27.5 Å². The molecular formula is C29H23N3O4S. The molecule has 0 atom stereocenters. The van der Waals surface area contributed by atoms with Crippen LogP contribution in [0.2, 0.25) is 0 Å². The Hall–Kier alpha value is -4.43. The Morgan fingerprint density at radius 2 is 1.54 bits per heavy atom. The first-order valence-electron chi connectivity index (χ1n) is 11.7. The number of carbonyl (C=O) groups excluding carboxylic acids is 1. The first-order chi connectivity index (χ1) is 18.1. The monoisotopic (exact) mass is 509 g/mol. The lowest BCUT2D eigenvalue weighted by atomic mass is 10.1. The molecule has 1 amide bonds. The van der Waals surface area contributed by atoms with Crippen molar-refractivity contribution in [1.82, 2.24) is 5.43 Å². The molecule has 0 heterocycles. The lowest BCUT2D eigenvalue weighted by Gasteiger charge is -2.12. The number of non-ortho nitro benzene ring substituents is 1. The Balaban J connectivity index is 1.10. The number of thioether (sulfide) groups is 1. The minimum absolute atomic E-state index is 0.0484. The average Bonchev–Trinajstić information content (AvgIpc) is 3.25. The second kappa shape index (κ2) is 11.1. The van der Waals surface area contributed by atoms with Gasteiger partial charge in [0.05, 0.1) is 22.1 Å². The Labute approximate surface area is 218 Å². The first-order valence-corrected chi connectivity index (χ1v) is 12.7. The zero-order valence-corrected chi connectivity index (χ0v) is 20.6. The summed E-state index contributed by atoms with van der Waals surface area (Å²) >= 11 is 1.60. The molecule has 4 aromatic rings. The number of benzene rings is 4. The van der Waals surface area contributed by atoms with Crippen LogP contribution >= 0.6 is 11.8 Å². The fraction of sp³-hybridized carbons (Fsp3) is 0.103. The lowest BCUT2D eigenvalue weighted by Crippen LogP contribution is -2.20. The maximum atomic E-state index is 12.4. The molecule has 37 heavy (non-hydrogen) atoms. The van der Waals surface area contributed by atoms with Crippen molar-refractivity contribution in [2.75, 3.05) is 5.75 Å². The van der Waals surface area contributed by atoms with Crippen LogP contribution in [0, 0.1) is 10.1 Å². The zero-order valence-electron chi connectivity index (χ0n) is 19.7. The third kappa shape index (κ3) is 5.70. The molecule has 0 radical (unpaired) electrons. The molecule has 0 saturated heterocycles. The van der Waals surface area contributed by atoms with Crippen LogP contribution in [0.3, 0.4) is 0 Å². The van der Waals surface area contributed by atoms with E-state index in [1.54, 1.807) is 42.2 Å². The summed E-state index contributed by atoms with van der Waals surface area (Å²) in [6.45, 7) is 0.301. The largest absolute Gasteiger partial charge is 0.489 e. The van der Waals surface area contributed by atoms with E-state index in [4.69, 9.17) is 4.74 Å². The van der Waals surface area contributed by atoms with Crippen molar-refractivity contribution in [3.8, 4) is 16.9 Å². The van der Waals surface area contributed by atoms with Gasteiger partial charge in [-0.05, 0) is 69.8 Å². The highest BCUT2D eigenvalue weighted by Crippen LogP contribution is 2.49. The molecule has 5 rings (SSSR count). The zero-order chi connectivity index (χ0) is 25.6. The van der Waals surface area contributed by atoms with Gasteiger partial charge in [0.2, 0.25) is 5.91 Å². The van der Waals surface area contributed by atoms with Gasteiger partial charge in [0.15, 0.2) is 0 Å². The fourth-order valence-electron chi connectivity index (χ4n) is 4.19. The van der Waals surface area contributed by atoms with Gasteiger partial charge in [-0.3, -0.25) is 14.9 Å². The van der Waals surface area contributed by atoms with E-state index in [9.17, 15) is 14.9 Å². The molecule has 0 aromatic heterocycles. The molecule has 184 valence electrons. The van der Waals surface area contributed by atoms with E-state index in [0.29, 0.717) is 18.1 Å². The van der Waals surface area contributed by atoms with Crippen LogP contribution in [0.15, 0.2) is 102 Å². The van der Waals surface area contributed by atoms with Gasteiger partial charge >= 0.3 is 0 Å². The van der Waals surface area contributed by atoms with Gasteiger partial charge in [-0.25, -0.2) is 5.43 Å². The molecule has 1 aliphatic carbocycles. The smallest absolute Gasteiger partial charge is 0.269 e. The van der Waals surface area contributed by atoms with Crippen molar-refractivity contribution < 1.29 is 14.5 Å². The van der Waals surface area contributed by atoms with Crippen molar-refractivity contribution in [2.45, 2.75) is 11.9 Å². The molecule has 0 bridgehead atoms. The average molecular weight is 510 g/mol. The number of ether oxygens (including phenoxy) is 1. The van der Waals surface area contributed by atoms with E-state index in [-0.39, 0.29) is 16.8 Å². The van der Waals surface area contributed by atoms with Crippen molar-refractivity contribution in [3.05, 3.63) is 129 Å². The summed E-state index contributed by atoms with van der Waals surface area (Å²) in [5.74, 6) is 0.791. The standard InChI is InChI=1S/C29H23N3O4S/c33-28(19-37-29-26-7-3-1-5-24(26)25-6-2-4-8-27(25)29)31-30-17-20-11-15-23(16-12-20)36-18-21-9-13-22(14-10-21)32(34)35/h1-17,29H,18-19H2,(H,31,33)/b30-17-. The topological polar surface area (TPSA) is 93.8 Å². The SMILES string of the molecule is O=C(CSC1c2ccccc2-c2ccccc21)N/N=C\c1ccc(OCc2ccc([N+](=O)[O-])cc2)cc1. The number of nitro benzene ring substituents is 1. The summed E-state index contributed by atoms with van der Waals surface area (Å²) in [6.07, 6.45) is 1.59. The molecule has 0 spiro atoms. The van der Waals surface area contributed by atoms with Gasteiger partial charge in [-0.2, -0.15) is 5.10 Å². The molecule has 0 aliphatic heterocycles. The Morgan fingerprint density at radius 3 is 2.16 bits per heavy atom. The number of nitro groups is 1. The quantitative estimate of drug-likeness (QED) is 0.166. The number of nitrogens with zero attached hydrogens (tertiary/aromatic N) is 2. The third-order valence-electron chi connectivity index (χ3n) is 5.99. The normalized spacial score (nSPS) is 12.2. The fourth-order valence-corrected chi connectivity index (χ4v) is 5.34. The second-order valence-corrected chi connectivity index (χ2v) is 9.53. The summed E-state index contributed by atoms with van der Waals surface area (Å²) < 4.78 is 5.73. The highest BCUT2D eigenvalue weighted by Gasteiger charge is 2.28. The summed E-state index contributed by atoms with van der Waals surface area (Å²) in [5, 5.41) is 15.0. The van der Waals surface area contributed by atoms with Crippen LogP contribution in [0.5, 0.6) is 5.75 Å². The molecule has 1 N–H and O–H groups in total. The third-order valence-corrected chi connectivity index (χ3v) is 7.26. The molecule has 4 aromatic carbocycles. The van der Waals surface area contributed by atoms with E-state index < -0.39 is 4.92 Å². The predicted octanol–water partition coefficient (Wildman–Crippen LogP) is 6.13. The van der Waals surface area contributed by atoms with Gasteiger partial charge in [0, 0.05) is 12.1 Å². The van der Waals surface area contributed by atoms with E-state index in [1.165, 1.54) is 34.4 Å². The van der Waals surface area contributed by atoms with Crippen molar-refractivity contribution >= 4 is 29.6 Å². The number of nitrogens with one attached hydrogen (secondary N) is 1. The van der Waals surface area contributed by atoms with Crippen molar-refractivity contribution in [1.29, 1.82) is 0 Å². The maximum absolute atomic E-state index is 12.4. The van der Waals surface area contributed by atoms with E-state index in [2.05, 4.69) is 34.8 Å². The lowest BCUT2D eigenvalue weighted by molar-refractivity contribution is -0.384. The summed E-state index contributed by atoms with van der Waals surface area (Å²) in [6, 6.07) is 30.2. The van der Waals surface area contributed by atoms with Gasteiger partial charge < -0.3 is 4.74 Å². The molecule has 0 fully saturated rings. The summed E-state index contributed by atoms with van der Waals surface area (Å²) in [7, 11) is 0. The number of fused-ring (bicyclic) bond motifs is 3. The minimum Gasteiger partial charge on any atom is -0.489 e. The number of hydrazone groups is 1.